The second-order valence-electron chi connectivity index (χ2n) is 4.69. The fourth-order valence-corrected chi connectivity index (χ4v) is 1.98. The summed E-state index contributed by atoms with van der Waals surface area (Å²) in [5.41, 5.74) is 2.09. The highest BCUT2D eigenvalue weighted by molar-refractivity contribution is 9.10. The van der Waals surface area contributed by atoms with Crippen molar-refractivity contribution in [2.24, 2.45) is 5.10 Å². The molecule has 2 aromatic carbocycles. The minimum absolute atomic E-state index is 0.515. The van der Waals surface area contributed by atoms with Crippen molar-refractivity contribution in [1.29, 1.82) is 0 Å². The smallest absolute Gasteiger partial charge is 0.276 e. The largest absolute Gasteiger partial charge is 0.375 e. The van der Waals surface area contributed by atoms with Crippen molar-refractivity contribution in [1.82, 2.24) is 5.43 Å². The van der Waals surface area contributed by atoms with Crippen molar-refractivity contribution in [3.63, 3.8) is 0 Å². The highest BCUT2D eigenvalue weighted by atomic mass is 79.9. The molecule has 1 atom stereocenters. The normalized spacial score (nSPS) is 13.9. The van der Waals surface area contributed by atoms with Crippen molar-refractivity contribution >= 4 is 28.1 Å². The summed E-state index contributed by atoms with van der Waals surface area (Å²) in [6, 6.07) is 16.2. The van der Waals surface area contributed by atoms with E-state index in [1.807, 2.05) is 30.3 Å². The van der Waals surface area contributed by atoms with E-state index in [1.54, 1.807) is 24.3 Å². The lowest BCUT2D eigenvalue weighted by molar-refractivity contribution is -0.138. The molecule has 0 aliphatic rings. The molecular weight excluding hydrogens is 332 g/mol. The van der Waals surface area contributed by atoms with Gasteiger partial charge in [-0.2, -0.15) is 5.10 Å². The van der Waals surface area contributed by atoms with Crippen molar-refractivity contribution in [3.8, 4) is 0 Å². The summed E-state index contributed by atoms with van der Waals surface area (Å²) in [4.78, 5) is 12.0. The average Bonchev–Trinajstić information content (AvgIpc) is 2.50. The van der Waals surface area contributed by atoms with Crippen LogP contribution in [0.5, 0.6) is 0 Å². The average molecular weight is 347 g/mol. The second-order valence-corrected chi connectivity index (χ2v) is 5.60. The Hall–Kier alpha value is -1.98. The maximum absolute atomic E-state index is 12.0. The number of nitrogens with zero attached hydrogens (tertiary/aromatic N) is 1. The number of aliphatic hydroxyl groups is 1. The summed E-state index contributed by atoms with van der Waals surface area (Å²) in [6.07, 6.45) is 1.52. The topological polar surface area (TPSA) is 61.7 Å². The third-order valence-electron chi connectivity index (χ3n) is 3.03. The molecule has 108 valence electrons. The van der Waals surface area contributed by atoms with Gasteiger partial charge < -0.3 is 5.11 Å². The molecule has 0 heterocycles. The minimum Gasteiger partial charge on any atom is -0.375 e. The molecule has 0 fully saturated rings. The van der Waals surface area contributed by atoms with Crippen molar-refractivity contribution in [2.45, 2.75) is 12.5 Å². The first kappa shape index (κ1) is 15.4. The molecule has 0 bridgehead atoms. The third kappa shape index (κ3) is 4.00. The lowest BCUT2D eigenvalue weighted by Crippen LogP contribution is -2.40. The lowest BCUT2D eigenvalue weighted by atomic mass is 9.95. The molecule has 21 heavy (non-hydrogen) atoms. The monoisotopic (exact) mass is 346 g/mol. The summed E-state index contributed by atoms with van der Waals surface area (Å²) in [5, 5.41) is 14.2. The Morgan fingerprint density at radius 3 is 2.43 bits per heavy atom. The third-order valence-corrected chi connectivity index (χ3v) is 3.56. The van der Waals surface area contributed by atoms with Crippen LogP contribution in [0, 0.1) is 0 Å². The molecule has 0 saturated carbocycles. The fourth-order valence-electron chi connectivity index (χ4n) is 1.72. The predicted molar refractivity (Wildman–Crippen MR) is 85.9 cm³/mol. The maximum Gasteiger partial charge on any atom is 0.276 e. The zero-order chi connectivity index (χ0) is 15.3. The highest BCUT2D eigenvalue weighted by Gasteiger charge is 2.31. The van der Waals surface area contributed by atoms with Gasteiger partial charge in [-0.3, -0.25) is 4.79 Å². The first-order valence-electron chi connectivity index (χ1n) is 6.37. The van der Waals surface area contributed by atoms with Crippen LogP contribution < -0.4 is 5.43 Å². The zero-order valence-corrected chi connectivity index (χ0v) is 13.0. The van der Waals surface area contributed by atoms with E-state index in [2.05, 4.69) is 26.5 Å². The molecule has 4 nitrogen and oxygen atoms in total. The van der Waals surface area contributed by atoms with E-state index in [1.165, 1.54) is 13.1 Å². The van der Waals surface area contributed by atoms with Crippen LogP contribution in [0.15, 0.2) is 64.2 Å². The Morgan fingerprint density at radius 1 is 1.19 bits per heavy atom. The van der Waals surface area contributed by atoms with Gasteiger partial charge in [-0.15, -0.1) is 0 Å². The summed E-state index contributed by atoms with van der Waals surface area (Å²) in [5.74, 6) is -0.581. The number of amides is 1. The van der Waals surface area contributed by atoms with E-state index in [9.17, 15) is 9.90 Å². The van der Waals surface area contributed by atoms with Crippen LogP contribution in [0.25, 0.3) is 0 Å². The number of benzene rings is 2. The molecule has 0 unspecified atom stereocenters. The Balaban J connectivity index is 2.03. The van der Waals surface area contributed by atoms with E-state index in [4.69, 9.17) is 0 Å². The Morgan fingerprint density at radius 2 is 1.81 bits per heavy atom. The molecule has 0 aliphatic carbocycles. The van der Waals surface area contributed by atoms with E-state index in [0.717, 1.165) is 10.0 Å². The molecule has 0 aliphatic heterocycles. The molecule has 0 saturated heterocycles. The van der Waals surface area contributed by atoms with Gasteiger partial charge in [-0.05, 0) is 30.2 Å². The maximum atomic E-state index is 12.0. The molecule has 1 amide bonds. The standard InChI is InChI=1S/C16H15BrN2O2/c1-16(21,13-5-3-2-4-6-13)15(20)19-18-11-12-7-9-14(17)10-8-12/h2-11,21H,1H3,(H,19,20)/b18-11-/t16-/m1/s1. The quantitative estimate of drug-likeness (QED) is 0.660. The number of nitrogens with one attached hydrogen (secondary N) is 1. The van der Waals surface area contributed by atoms with Crippen LogP contribution in [0.1, 0.15) is 18.1 Å². The van der Waals surface area contributed by atoms with Gasteiger partial charge in [-0.1, -0.05) is 58.4 Å². The summed E-state index contributed by atoms with van der Waals surface area (Å²) in [6.45, 7) is 1.44. The summed E-state index contributed by atoms with van der Waals surface area (Å²) >= 11 is 3.34. The molecule has 0 spiro atoms. The van der Waals surface area contributed by atoms with Crippen LogP contribution in [0.2, 0.25) is 0 Å². The number of hydrogen-bond acceptors (Lipinski definition) is 3. The highest BCUT2D eigenvalue weighted by Crippen LogP contribution is 2.20. The van der Waals surface area contributed by atoms with E-state index >= 15 is 0 Å². The molecule has 2 N–H and O–H groups in total. The van der Waals surface area contributed by atoms with Gasteiger partial charge in [0, 0.05) is 4.47 Å². The van der Waals surface area contributed by atoms with Gasteiger partial charge in [0.05, 0.1) is 6.21 Å². The first-order valence-corrected chi connectivity index (χ1v) is 7.16. The minimum atomic E-state index is -1.63. The van der Waals surface area contributed by atoms with E-state index in [0.29, 0.717) is 5.56 Å². The van der Waals surface area contributed by atoms with Crippen LogP contribution in [0.3, 0.4) is 0 Å². The summed E-state index contributed by atoms with van der Waals surface area (Å²) < 4.78 is 0.968. The number of rotatable bonds is 4. The van der Waals surface area contributed by atoms with Crippen LogP contribution in [-0.4, -0.2) is 17.2 Å². The Bertz CT molecular complexity index is 637. The van der Waals surface area contributed by atoms with Gasteiger partial charge in [0.1, 0.15) is 0 Å². The predicted octanol–water partition coefficient (Wildman–Crippen LogP) is 2.81. The molecule has 5 heteroatoms. The number of halogens is 1. The number of hydrogen-bond donors (Lipinski definition) is 2. The van der Waals surface area contributed by atoms with Gasteiger partial charge in [0.2, 0.25) is 0 Å². The SMILES string of the molecule is C[C@](O)(C(=O)N/N=C\c1ccc(Br)cc1)c1ccccc1. The number of carbonyl (C=O) groups excluding carboxylic acids is 1. The van der Waals surface area contributed by atoms with Crippen LogP contribution in [-0.2, 0) is 10.4 Å². The van der Waals surface area contributed by atoms with Crippen molar-refractivity contribution < 1.29 is 9.90 Å². The van der Waals surface area contributed by atoms with E-state index in [-0.39, 0.29) is 0 Å². The number of hydrazone groups is 1. The van der Waals surface area contributed by atoms with Gasteiger partial charge in [0.25, 0.3) is 5.91 Å². The fraction of sp³-hybridized carbons (Fsp3) is 0.125. The van der Waals surface area contributed by atoms with Crippen molar-refractivity contribution in [2.75, 3.05) is 0 Å². The molecule has 0 radical (unpaired) electrons. The van der Waals surface area contributed by atoms with Crippen LogP contribution >= 0.6 is 15.9 Å². The first-order chi connectivity index (χ1) is 10.00. The second kappa shape index (κ2) is 6.65. The van der Waals surface area contributed by atoms with Gasteiger partial charge >= 0.3 is 0 Å². The van der Waals surface area contributed by atoms with Crippen molar-refractivity contribution in [3.05, 3.63) is 70.2 Å². The Labute approximate surface area is 131 Å². The summed E-state index contributed by atoms with van der Waals surface area (Å²) in [7, 11) is 0. The van der Waals surface area contributed by atoms with Gasteiger partial charge in [0.15, 0.2) is 5.60 Å². The zero-order valence-electron chi connectivity index (χ0n) is 11.5. The Kier molecular flexibility index (Phi) is 4.88. The molecule has 0 aromatic heterocycles. The van der Waals surface area contributed by atoms with E-state index < -0.39 is 11.5 Å². The van der Waals surface area contributed by atoms with Gasteiger partial charge in [-0.25, -0.2) is 5.43 Å². The molecular formula is C16H15BrN2O2. The molecule has 2 rings (SSSR count). The molecule has 2 aromatic rings. The lowest BCUT2D eigenvalue weighted by Gasteiger charge is -2.21. The number of carbonyl (C=O) groups is 1. The van der Waals surface area contributed by atoms with Crippen LogP contribution in [0.4, 0.5) is 0 Å².